The van der Waals surface area contributed by atoms with Crippen molar-refractivity contribution in [3.8, 4) is 0 Å². The molecule has 6 heteroatoms. The highest BCUT2D eigenvalue weighted by atomic mass is 16.2. The molecule has 0 radical (unpaired) electrons. The predicted molar refractivity (Wildman–Crippen MR) is 127 cm³/mol. The van der Waals surface area contributed by atoms with Crippen molar-refractivity contribution < 1.29 is 4.79 Å². The maximum atomic E-state index is 13.7. The first-order valence-electron chi connectivity index (χ1n) is 11.1. The highest BCUT2D eigenvalue weighted by molar-refractivity contribution is 6.56. The first-order chi connectivity index (χ1) is 15.5. The number of anilines is 1. The molecule has 0 spiro atoms. The standard InChI is InChI=1S/C26H27N5O/c1-17-9-11-27-24(22(13-17)20-7-5-4-6-8-20)25(32)30-12-10-21-15-31(23(21)16-30)26-28-18(2)14-19(3)29-26/h4-9,11,13-14,21,23H,1,10,12,15-16H2,2-3H3/t21-,23-/m0/s1. The summed E-state index contributed by atoms with van der Waals surface area (Å²) in [5.41, 5.74) is 5.02. The van der Waals surface area contributed by atoms with Gasteiger partial charge in [0, 0.05) is 48.7 Å². The van der Waals surface area contributed by atoms with Crippen LogP contribution in [0.3, 0.4) is 0 Å². The summed E-state index contributed by atoms with van der Waals surface area (Å²) in [4.78, 5) is 31.7. The molecular weight excluding hydrogens is 398 g/mol. The average molecular weight is 426 g/mol. The van der Waals surface area contributed by atoms with E-state index in [0.29, 0.717) is 18.2 Å². The Morgan fingerprint density at radius 1 is 1.09 bits per heavy atom. The van der Waals surface area contributed by atoms with Crippen LogP contribution in [-0.2, 0) is 4.79 Å². The van der Waals surface area contributed by atoms with Crippen LogP contribution < -0.4 is 4.90 Å². The molecule has 2 saturated heterocycles. The molecule has 162 valence electrons. The third-order valence-corrected chi connectivity index (χ3v) is 6.43. The number of carbonyl (C=O) groups excluding carboxylic acids is 1. The number of aliphatic imine (C=N–C) groups is 1. The van der Waals surface area contributed by atoms with Crippen molar-refractivity contribution in [1.29, 1.82) is 0 Å². The largest absolute Gasteiger partial charge is 0.335 e. The number of nitrogens with zero attached hydrogens (tertiary/aromatic N) is 5. The van der Waals surface area contributed by atoms with Gasteiger partial charge in [0.05, 0.1) is 6.04 Å². The van der Waals surface area contributed by atoms with Crippen LogP contribution in [-0.4, -0.2) is 52.2 Å². The second-order valence-corrected chi connectivity index (χ2v) is 8.76. The number of benzene rings is 1. The predicted octanol–water partition coefficient (Wildman–Crippen LogP) is 3.74. The fourth-order valence-corrected chi connectivity index (χ4v) is 4.78. The van der Waals surface area contributed by atoms with Crippen molar-refractivity contribution in [2.75, 3.05) is 24.5 Å². The molecule has 32 heavy (non-hydrogen) atoms. The lowest BCUT2D eigenvalue weighted by molar-refractivity contribution is -0.126. The quantitative estimate of drug-likeness (QED) is 0.752. The van der Waals surface area contributed by atoms with E-state index in [0.717, 1.165) is 53.6 Å². The lowest BCUT2D eigenvalue weighted by atomic mass is 9.82. The Hall–Kier alpha value is -3.54. The van der Waals surface area contributed by atoms with Crippen LogP contribution in [0.5, 0.6) is 0 Å². The molecule has 2 fully saturated rings. The highest BCUT2D eigenvalue weighted by Crippen LogP contribution is 2.35. The van der Waals surface area contributed by atoms with Gasteiger partial charge in [-0.2, -0.15) is 0 Å². The molecule has 2 atom stereocenters. The van der Waals surface area contributed by atoms with E-state index in [2.05, 4.69) is 26.4 Å². The molecular formula is C26H27N5O. The number of fused-ring (bicyclic) bond motifs is 1. The van der Waals surface area contributed by atoms with Gasteiger partial charge in [-0.25, -0.2) is 9.97 Å². The summed E-state index contributed by atoms with van der Waals surface area (Å²) in [6.07, 6.45) is 6.44. The minimum Gasteiger partial charge on any atom is -0.335 e. The molecule has 3 aliphatic rings. The molecule has 0 aliphatic carbocycles. The zero-order chi connectivity index (χ0) is 22.2. The van der Waals surface area contributed by atoms with Crippen LogP contribution in [0.1, 0.15) is 23.4 Å². The van der Waals surface area contributed by atoms with Gasteiger partial charge < -0.3 is 9.80 Å². The van der Waals surface area contributed by atoms with Crippen LogP contribution in [0.2, 0.25) is 0 Å². The molecule has 0 N–H and O–H groups in total. The summed E-state index contributed by atoms with van der Waals surface area (Å²) < 4.78 is 0. The summed E-state index contributed by atoms with van der Waals surface area (Å²) in [6, 6.07) is 12.2. The SMILES string of the molecule is C=C1C=CN=C(C(=O)N2CC[C@H]3CN(c4nc(C)cc(C)n4)[C@H]3C2)C(c2ccccc2)=C1. The lowest BCUT2D eigenvalue weighted by Crippen LogP contribution is -2.66. The van der Waals surface area contributed by atoms with Crippen molar-refractivity contribution >= 4 is 23.1 Å². The van der Waals surface area contributed by atoms with E-state index in [-0.39, 0.29) is 11.9 Å². The monoisotopic (exact) mass is 425 g/mol. The number of aryl methyl sites for hydroxylation is 2. The van der Waals surface area contributed by atoms with E-state index in [1.54, 1.807) is 6.20 Å². The van der Waals surface area contributed by atoms with Gasteiger partial charge in [-0.05, 0) is 49.6 Å². The molecule has 1 aromatic carbocycles. The Morgan fingerprint density at radius 3 is 2.59 bits per heavy atom. The molecule has 4 heterocycles. The summed E-state index contributed by atoms with van der Waals surface area (Å²) in [6.45, 7) is 10.4. The van der Waals surface area contributed by atoms with Crippen LogP contribution >= 0.6 is 0 Å². The molecule has 0 bridgehead atoms. The molecule has 1 aromatic heterocycles. The summed E-state index contributed by atoms with van der Waals surface area (Å²) >= 11 is 0. The highest BCUT2D eigenvalue weighted by Gasteiger charge is 2.45. The van der Waals surface area contributed by atoms with E-state index in [9.17, 15) is 4.79 Å². The van der Waals surface area contributed by atoms with Crippen molar-refractivity contribution in [2.24, 2.45) is 10.9 Å². The number of rotatable bonds is 3. The molecule has 5 rings (SSSR count). The van der Waals surface area contributed by atoms with Gasteiger partial charge in [0.15, 0.2) is 0 Å². The molecule has 6 nitrogen and oxygen atoms in total. The number of likely N-dealkylation sites (tertiary alicyclic amines) is 1. The molecule has 2 aromatic rings. The Labute approximate surface area is 188 Å². The van der Waals surface area contributed by atoms with Crippen LogP contribution in [0, 0.1) is 19.8 Å². The van der Waals surface area contributed by atoms with Crippen LogP contribution in [0.15, 0.2) is 71.9 Å². The number of piperidine rings is 1. The molecule has 1 amide bonds. The maximum Gasteiger partial charge on any atom is 0.273 e. The van der Waals surface area contributed by atoms with Crippen molar-refractivity contribution in [3.63, 3.8) is 0 Å². The second-order valence-electron chi connectivity index (χ2n) is 8.76. The van der Waals surface area contributed by atoms with E-state index in [1.807, 2.05) is 67.3 Å². The van der Waals surface area contributed by atoms with E-state index >= 15 is 0 Å². The third kappa shape index (κ3) is 3.77. The fourth-order valence-electron chi connectivity index (χ4n) is 4.78. The number of hydrogen-bond donors (Lipinski definition) is 0. The van der Waals surface area contributed by atoms with Gasteiger partial charge in [-0.3, -0.25) is 9.79 Å². The Bertz CT molecular complexity index is 1140. The number of carbonyl (C=O) groups is 1. The van der Waals surface area contributed by atoms with E-state index in [1.165, 1.54) is 0 Å². The zero-order valence-corrected chi connectivity index (χ0v) is 18.5. The Balaban J connectivity index is 1.39. The van der Waals surface area contributed by atoms with Crippen LogP contribution in [0.25, 0.3) is 5.57 Å². The van der Waals surface area contributed by atoms with Gasteiger partial charge >= 0.3 is 0 Å². The van der Waals surface area contributed by atoms with Gasteiger partial charge in [-0.15, -0.1) is 0 Å². The Kier molecular flexibility index (Phi) is 5.21. The van der Waals surface area contributed by atoms with E-state index < -0.39 is 0 Å². The van der Waals surface area contributed by atoms with Crippen molar-refractivity contribution in [1.82, 2.24) is 14.9 Å². The fraction of sp³-hybridized carbons (Fsp3) is 0.308. The zero-order valence-electron chi connectivity index (χ0n) is 18.5. The molecule has 0 saturated carbocycles. The van der Waals surface area contributed by atoms with Gasteiger partial charge in [-0.1, -0.05) is 36.9 Å². The topological polar surface area (TPSA) is 61.7 Å². The van der Waals surface area contributed by atoms with Gasteiger partial charge in [0.1, 0.15) is 5.71 Å². The smallest absolute Gasteiger partial charge is 0.273 e. The van der Waals surface area contributed by atoms with Crippen molar-refractivity contribution in [2.45, 2.75) is 26.3 Å². The third-order valence-electron chi connectivity index (χ3n) is 6.43. The van der Waals surface area contributed by atoms with E-state index in [4.69, 9.17) is 0 Å². The second kappa shape index (κ2) is 8.19. The first kappa shape index (κ1) is 20.4. The van der Waals surface area contributed by atoms with Crippen LogP contribution in [0.4, 0.5) is 5.95 Å². The maximum absolute atomic E-state index is 13.7. The Morgan fingerprint density at radius 2 is 1.84 bits per heavy atom. The number of hydrogen-bond acceptors (Lipinski definition) is 5. The molecule has 0 unspecified atom stereocenters. The van der Waals surface area contributed by atoms with Gasteiger partial charge in [0.2, 0.25) is 5.95 Å². The minimum absolute atomic E-state index is 0.0360. The first-order valence-corrected chi connectivity index (χ1v) is 11.1. The molecule has 3 aliphatic heterocycles. The average Bonchev–Trinajstić information content (AvgIpc) is 2.95. The summed E-state index contributed by atoms with van der Waals surface area (Å²) in [5.74, 6) is 1.31. The van der Waals surface area contributed by atoms with Gasteiger partial charge in [0.25, 0.3) is 5.91 Å². The van der Waals surface area contributed by atoms with Crippen molar-refractivity contribution in [3.05, 3.63) is 83.9 Å². The number of amides is 1. The summed E-state index contributed by atoms with van der Waals surface area (Å²) in [7, 11) is 0. The summed E-state index contributed by atoms with van der Waals surface area (Å²) in [5, 5.41) is 0. The number of allylic oxidation sites excluding steroid dienone is 3. The normalized spacial score (nSPS) is 22.5. The minimum atomic E-state index is -0.0360. The lowest BCUT2D eigenvalue weighted by Gasteiger charge is -2.53. The number of aromatic nitrogens is 2.